The van der Waals surface area contributed by atoms with Gasteiger partial charge in [0.25, 0.3) is 0 Å². The first-order chi connectivity index (χ1) is 8.29. The van der Waals surface area contributed by atoms with Crippen molar-refractivity contribution in [3.63, 3.8) is 0 Å². The minimum Gasteiger partial charge on any atom is -0.467 e. The lowest BCUT2D eigenvalue weighted by molar-refractivity contribution is 0.0600. The molecule has 1 N–H and O–H groups in total. The van der Waals surface area contributed by atoms with Crippen LogP contribution in [0.2, 0.25) is 0 Å². The number of furan rings is 1. The number of hydrogen-bond acceptors (Lipinski definition) is 5. The number of methoxy groups -OCH3 is 1. The summed E-state index contributed by atoms with van der Waals surface area (Å²) in [6.07, 6.45) is 4.80. The molecule has 2 rings (SSSR count). The normalized spacial score (nSPS) is 9.94. The highest BCUT2D eigenvalue weighted by molar-refractivity contribution is 5.88. The summed E-state index contributed by atoms with van der Waals surface area (Å²) in [7, 11) is 1.34. The van der Waals surface area contributed by atoms with Crippen LogP contribution in [0.4, 0.5) is 5.69 Å². The van der Waals surface area contributed by atoms with Crippen molar-refractivity contribution in [2.45, 2.75) is 6.54 Å². The quantitative estimate of drug-likeness (QED) is 0.817. The molecule has 0 aliphatic rings. The Morgan fingerprint density at radius 3 is 3.18 bits per heavy atom. The lowest BCUT2D eigenvalue weighted by Gasteiger charge is -2.02. The maximum atomic E-state index is 11.2. The van der Waals surface area contributed by atoms with E-state index in [1.165, 1.54) is 13.4 Å². The van der Waals surface area contributed by atoms with Gasteiger partial charge in [0, 0.05) is 12.4 Å². The molecule has 2 aromatic rings. The van der Waals surface area contributed by atoms with E-state index in [2.05, 4.69) is 15.0 Å². The van der Waals surface area contributed by atoms with Crippen LogP contribution in [0.3, 0.4) is 0 Å². The molecule has 0 aliphatic carbocycles. The Labute approximate surface area is 98.4 Å². The predicted molar refractivity (Wildman–Crippen MR) is 61.6 cm³/mol. The van der Waals surface area contributed by atoms with Gasteiger partial charge in [0.1, 0.15) is 12.0 Å². The van der Waals surface area contributed by atoms with Crippen LogP contribution in [0.15, 0.2) is 41.3 Å². The number of esters is 1. The molecule has 0 amide bonds. The zero-order chi connectivity index (χ0) is 12.1. The van der Waals surface area contributed by atoms with Crippen LogP contribution in [0, 0.1) is 0 Å². The largest absolute Gasteiger partial charge is 0.467 e. The fraction of sp³-hybridized carbons (Fsp3) is 0.167. The lowest BCUT2D eigenvalue weighted by atomic mass is 10.3. The second kappa shape index (κ2) is 5.16. The van der Waals surface area contributed by atoms with Crippen molar-refractivity contribution in [3.8, 4) is 0 Å². The molecule has 2 aromatic heterocycles. The van der Waals surface area contributed by atoms with Crippen molar-refractivity contribution >= 4 is 11.7 Å². The second-order valence-corrected chi connectivity index (χ2v) is 3.39. The summed E-state index contributed by atoms with van der Waals surface area (Å²) in [6.45, 7) is 0.489. The summed E-state index contributed by atoms with van der Waals surface area (Å²) in [5.41, 5.74) is 1.30. The zero-order valence-electron chi connectivity index (χ0n) is 9.34. The van der Waals surface area contributed by atoms with Crippen LogP contribution in [-0.2, 0) is 11.3 Å². The number of nitrogens with one attached hydrogen (secondary N) is 1. The van der Waals surface area contributed by atoms with E-state index in [-0.39, 0.29) is 0 Å². The Balaban J connectivity index is 1.96. The van der Waals surface area contributed by atoms with E-state index < -0.39 is 5.97 Å². The molecule has 0 spiro atoms. The van der Waals surface area contributed by atoms with E-state index in [1.807, 2.05) is 12.1 Å². The lowest BCUT2D eigenvalue weighted by Crippen LogP contribution is -2.00. The Hall–Kier alpha value is -2.30. The molecule has 0 fully saturated rings. The Kier molecular flexibility index (Phi) is 3.40. The van der Waals surface area contributed by atoms with Gasteiger partial charge in [0.15, 0.2) is 0 Å². The van der Waals surface area contributed by atoms with Crippen molar-refractivity contribution in [1.29, 1.82) is 0 Å². The Morgan fingerprint density at radius 1 is 1.59 bits per heavy atom. The van der Waals surface area contributed by atoms with Gasteiger partial charge < -0.3 is 14.5 Å². The van der Waals surface area contributed by atoms with E-state index in [4.69, 9.17) is 4.42 Å². The molecule has 0 saturated carbocycles. The van der Waals surface area contributed by atoms with Crippen LogP contribution in [0.1, 0.15) is 16.1 Å². The molecular formula is C12H12N2O3. The van der Waals surface area contributed by atoms with Crippen LogP contribution in [0.25, 0.3) is 0 Å². The highest BCUT2D eigenvalue weighted by Crippen LogP contribution is 2.11. The van der Waals surface area contributed by atoms with E-state index in [1.54, 1.807) is 18.5 Å². The average molecular weight is 232 g/mol. The van der Waals surface area contributed by atoms with Crippen molar-refractivity contribution < 1.29 is 13.9 Å². The summed E-state index contributed by atoms with van der Waals surface area (Å²) in [6, 6.07) is 5.39. The van der Waals surface area contributed by atoms with Gasteiger partial charge in [-0.1, -0.05) is 0 Å². The van der Waals surface area contributed by atoms with Crippen LogP contribution in [0.5, 0.6) is 0 Å². The molecular weight excluding hydrogens is 220 g/mol. The topological polar surface area (TPSA) is 64.4 Å². The fourth-order valence-corrected chi connectivity index (χ4v) is 1.35. The summed E-state index contributed by atoms with van der Waals surface area (Å²) in [4.78, 5) is 15.2. The smallest absolute Gasteiger partial charge is 0.341 e. The number of aromatic nitrogens is 1. The summed E-state index contributed by atoms with van der Waals surface area (Å²) in [5, 5.41) is 3.12. The Morgan fingerprint density at radius 2 is 2.47 bits per heavy atom. The summed E-state index contributed by atoms with van der Waals surface area (Å²) >= 11 is 0. The molecule has 0 unspecified atom stereocenters. The maximum Gasteiger partial charge on any atom is 0.341 e. The fourth-order valence-electron chi connectivity index (χ4n) is 1.35. The van der Waals surface area contributed by atoms with E-state index in [0.29, 0.717) is 17.9 Å². The predicted octanol–water partition coefficient (Wildman–Crippen LogP) is 2.07. The molecule has 88 valence electrons. The zero-order valence-corrected chi connectivity index (χ0v) is 9.34. The van der Waals surface area contributed by atoms with Crippen LogP contribution in [-0.4, -0.2) is 18.1 Å². The van der Waals surface area contributed by atoms with Gasteiger partial charge in [-0.2, -0.15) is 0 Å². The monoisotopic (exact) mass is 232 g/mol. The van der Waals surface area contributed by atoms with Crippen LogP contribution < -0.4 is 5.32 Å². The van der Waals surface area contributed by atoms with Gasteiger partial charge in [-0.25, -0.2) is 4.79 Å². The molecule has 2 heterocycles. The molecule has 5 nitrogen and oxygen atoms in total. The summed E-state index contributed by atoms with van der Waals surface area (Å²) in [5.74, 6) is 0.260. The SMILES string of the molecule is COC(=O)c1coc(CNc2cccnc2)c1. The molecule has 5 heteroatoms. The number of nitrogens with zero attached hydrogens (tertiary/aromatic N) is 1. The molecule has 17 heavy (non-hydrogen) atoms. The molecule has 0 bridgehead atoms. The first-order valence-electron chi connectivity index (χ1n) is 5.09. The van der Waals surface area contributed by atoms with Crippen molar-refractivity contribution in [2.75, 3.05) is 12.4 Å². The molecule has 0 aliphatic heterocycles. The van der Waals surface area contributed by atoms with Crippen molar-refractivity contribution in [2.24, 2.45) is 0 Å². The van der Waals surface area contributed by atoms with Gasteiger partial charge >= 0.3 is 5.97 Å². The highest BCUT2D eigenvalue weighted by atomic mass is 16.5. The first kappa shape index (κ1) is 11.2. The van der Waals surface area contributed by atoms with Crippen molar-refractivity contribution in [3.05, 3.63) is 48.2 Å². The third kappa shape index (κ3) is 2.84. The van der Waals surface area contributed by atoms with Crippen molar-refractivity contribution in [1.82, 2.24) is 4.98 Å². The number of carbonyl (C=O) groups excluding carboxylic acids is 1. The summed E-state index contributed by atoms with van der Waals surface area (Å²) < 4.78 is 9.81. The average Bonchev–Trinajstić information content (AvgIpc) is 2.85. The van der Waals surface area contributed by atoms with Gasteiger partial charge in [0.2, 0.25) is 0 Å². The molecule has 0 atom stereocenters. The van der Waals surface area contributed by atoms with Gasteiger partial charge in [-0.3, -0.25) is 4.98 Å². The minimum atomic E-state index is -0.402. The number of carbonyl (C=O) groups is 1. The molecule has 0 radical (unpaired) electrons. The van der Waals surface area contributed by atoms with Gasteiger partial charge in [-0.05, 0) is 18.2 Å². The van der Waals surface area contributed by atoms with Gasteiger partial charge in [0.05, 0.1) is 24.9 Å². The number of ether oxygens (including phenoxy) is 1. The first-order valence-corrected chi connectivity index (χ1v) is 5.09. The second-order valence-electron chi connectivity index (χ2n) is 3.39. The minimum absolute atomic E-state index is 0.402. The molecule has 0 saturated heterocycles. The van der Waals surface area contributed by atoms with E-state index >= 15 is 0 Å². The third-order valence-electron chi connectivity index (χ3n) is 2.20. The van der Waals surface area contributed by atoms with Crippen LogP contribution >= 0.6 is 0 Å². The number of rotatable bonds is 4. The number of pyridine rings is 1. The van der Waals surface area contributed by atoms with E-state index in [0.717, 1.165) is 5.69 Å². The van der Waals surface area contributed by atoms with Gasteiger partial charge in [-0.15, -0.1) is 0 Å². The number of anilines is 1. The number of hydrogen-bond donors (Lipinski definition) is 1. The maximum absolute atomic E-state index is 11.2. The molecule has 0 aromatic carbocycles. The Bertz CT molecular complexity index is 493. The highest BCUT2D eigenvalue weighted by Gasteiger charge is 2.09. The third-order valence-corrected chi connectivity index (χ3v) is 2.20. The van der Waals surface area contributed by atoms with E-state index in [9.17, 15) is 4.79 Å². The standard InChI is InChI=1S/C12H12N2O3/c1-16-12(15)9-5-11(17-8-9)7-14-10-3-2-4-13-6-10/h2-6,8,14H,7H2,1H3.